The first-order chi connectivity index (χ1) is 10.3. The molecule has 0 fully saturated rings. The minimum atomic E-state index is 0.292. The Labute approximate surface area is 134 Å². The van der Waals surface area contributed by atoms with E-state index in [2.05, 4.69) is 81.0 Å². The number of hydrogen-bond donors (Lipinski definition) is 0. The Morgan fingerprint density at radius 2 is 1.36 bits per heavy atom. The summed E-state index contributed by atoms with van der Waals surface area (Å²) < 4.78 is 0. The molecule has 0 aromatic heterocycles. The van der Waals surface area contributed by atoms with Gasteiger partial charge in [-0.15, -0.1) is 0 Å². The molecule has 0 spiro atoms. The first-order valence-corrected chi connectivity index (χ1v) is 7.83. The molecule has 0 unspecified atom stereocenters. The van der Waals surface area contributed by atoms with Crippen molar-refractivity contribution in [3.05, 3.63) is 29.3 Å². The molecule has 118 valence electrons. The van der Waals surface area contributed by atoms with Gasteiger partial charge in [0.05, 0.1) is 17.4 Å². The molecule has 0 atom stereocenters. The molecular formula is C19H27N3. The number of nitrogens with zero attached hydrogens (tertiary/aromatic N) is 3. The summed E-state index contributed by atoms with van der Waals surface area (Å²) in [5, 5.41) is 0. The average Bonchev–Trinajstić information content (AvgIpc) is 2.43. The molecule has 0 saturated heterocycles. The summed E-state index contributed by atoms with van der Waals surface area (Å²) in [6.07, 6.45) is 0. The Morgan fingerprint density at radius 1 is 0.864 bits per heavy atom. The number of rotatable bonds is 5. The van der Waals surface area contributed by atoms with Crippen molar-refractivity contribution in [1.82, 2.24) is 0 Å². The van der Waals surface area contributed by atoms with Gasteiger partial charge in [-0.05, 0) is 41.3 Å². The molecule has 0 amide bonds. The first kappa shape index (κ1) is 18.1. The highest BCUT2D eigenvalue weighted by molar-refractivity contribution is 5.75. The molecular weight excluding hydrogens is 270 g/mol. The van der Waals surface area contributed by atoms with Crippen molar-refractivity contribution >= 4 is 23.3 Å². The van der Waals surface area contributed by atoms with Gasteiger partial charge >= 0.3 is 0 Å². The second-order valence-electron chi connectivity index (χ2n) is 6.34. The van der Waals surface area contributed by atoms with Crippen molar-refractivity contribution in [2.24, 2.45) is 15.0 Å². The molecule has 22 heavy (non-hydrogen) atoms. The molecule has 3 nitrogen and oxygen atoms in total. The van der Waals surface area contributed by atoms with Crippen LogP contribution in [0.15, 0.2) is 27.6 Å². The van der Waals surface area contributed by atoms with E-state index in [1.807, 2.05) is 0 Å². The molecule has 3 heteroatoms. The van der Waals surface area contributed by atoms with Gasteiger partial charge in [0.2, 0.25) is 0 Å². The Bertz CT molecular complexity index is 639. The van der Waals surface area contributed by atoms with Gasteiger partial charge < -0.3 is 0 Å². The van der Waals surface area contributed by atoms with Crippen LogP contribution in [0, 0.1) is 0 Å². The summed E-state index contributed by atoms with van der Waals surface area (Å²) in [7, 11) is 1.68. The first-order valence-electron chi connectivity index (χ1n) is 7.83. The van der Waals surface area contributed by atoms with E-state index in [4.69, 9.17) is 0 Å². The lowest BCUT2D eigenvalue weighted by Crippen LogP contribution is -2.01. The van der Waals surface area contributed by atoms with Crippen LogP contribution in [-0.4, -0.2) is 18.9 Å². The molecule has 0 aliphatic heterocycles. The zero-order chi connectivity index (χ0) is 16.9. The number of aliphatic imine (C=N–C) groups is 3. The molecule has 0 radical (unpaired) electrons. The van der Waals surface area contributed by atoms with Gasteiger partial charge in [-0.2, -0.15) is 4.99 Å². The summed E-state index contributed by atoms with van der Waals surface area (Å²) in [4.78, 5) is 12.8. The van der Waals surface area contributed by atoms with Crippen LogP contribution < -0.4 is 0 Å². The maximum Gasteiger partial charge on any atom is 0.0946 e. The largest absolute Gasteiger partial charge is 0.229 e. The summed E-state index contributed by atoms with van der Waals surface area (Å²) >= 11 is 0. The highest BCUT2D eigenvalue weighted by atomic mass is 14.8. The Morgan fingerprint density at radius 3 is 1.73 bits per heavy atom. The lowest BCUT2D eigenvalue weighted by Gasteiger charge is -2.22. The van der Waals surface area contributed by atoms with Crippen molar-refractivity contribution in [2.45, 2.75) is 59.3 Å². The van der Waals surface area contributed by atoms with E-state index >= 15 is 0 Å². The lowest BCUT2D eigenvalue weighted by molar-refractivity contribution is 0.806. The molecule has 0 heterocycles. The van der Waals surface area contributed by atoms with E-state index in [9.17, 15) is 0 Å². The SMILES string of the molecule is C=C=Nc1c(C(C)C)cc(C(C)C)c(N=C=NC)c1C(C)C. The second kappa shape index (κ2) is 7.89. The van der Waals surface area contributed by atoms with Gasteiger partial charge in [0.25, 0.3) is 0 Å². The van der Waals surface area contributed by atoms with Crippen molar-refractivity contribution < 1.29 is 0 Å². The summed E-state index contributed by atoms with van der Waals surface area (Å²) in [5.41, 5.74) is 5.44. The van der Waals surface area contributed by atoms with Gasteiger partial charge in [0.15, 0.2) is 0 Å². The van der Waals surface area contributed by atoms with Gasteiger partial charge in [0, 0.05) is 12.6 Å². The number of hydrogen-bond acceptors (Lipinski definition) is 3. The van der Waals surface area contributed by atoms with E-state index in [-0.39, 0.29) is 0 Å². The average molecular weight is 297 g/mol. The van der Waals surface area contributed by atoms with Crippen LogP contribution in [-0.2, 0) is 0 Å². The van der Waals surface area contributed by atoms with Crippen LogP contribution in [0.3, 0.4) is 0 Å². The van der Waals surface area contributed by atoms with E-state index in [1.165, 1.54) is 11.1 Å². The molecule has 0 aliphatic carbocycles. The Kier molecular flexibility index (Phi) is 6.49. The maximum atomic E-state index is 4.49. The van der Waals surface area contributed by atoms with E-state index in [1.54, 1.807) is 7.05 Å². The van der Waals surface area contributed by atoms with Crippen LogP contribution in [0.2, 0.25) is 0 Å². The molecule has 0 aliphatic rings. The summed E-state index contributed by atoms with van der Waals surface area (Å²) in [5.74, 6) is 3.73. The molecule has 0 N–H and O–H groups in total. The third-order valence-electron chi connectivity index (χ3n) is 3.64. The molecule has 1 aromatic carbocycles. The summed E-state index contributed by atoms with van der Waals surface area (Å²) in [6.45, 7) is 16.7. The van der Waals surface area contributed by atoms with Gasteiger partial charge in [-0.1, -0.05) is 47.6 Å². The minimum Gasteiger partial charge on any atom is -0.229 e. The fourth-order valence-corrected chi connectivity index (χ4v) is 2.58. The third-order valence-corrected chi connectivity index (χ3v) is 3.64. The van der Waals surface area contributed by atoms with Gasteiger partial charge in [0.1, 0.15) is 0 Å². The van der Waals surface area contributed by atoms with E-state index in [0.29, 0.717) is 17.8 Å². The Balaban J connectivity index is 3.98. The fourth-order valence-electron chi connectivity index (χ4n) is 2.58. The quantitative estimate of drug-likeness (QED) is 0.600. The maximum absolute atomic E-state index is 4.49. The van der Waals surface area contributed by atoms with Gasteiger partial charge in [-0.3, -0.25) is 0 Å². The van der Waals surface area contributed by atoms with Crippen molar-refractivity contribution in [3.63, 3.8) is 0 Å². The van der Waals surface area contributed by atoms with Crippen LogP contribution >= 0.6 is 0 Å². The predicted octanol–water partition coefficient (Wildman–Crippen LogP) is 5.98. The highest BCUT2D eigenvalue weighted by Gasteiger charge is 2.22. The topological polar surface area (TPSA) is 37.1 Å². The fraction of sp³-hybridized carbons (Fsp3) is 0.526. The zero-order valence-electron chi connectivity index (χ0n) is 14.9. The van der Waals surface area contributed by atoms with E-state index < -0.39 is 0 Å². The smallest absolute Gasteiger partial charge is 0.0946 e. The van der Waals surface area contributed by atoms with Crippen LogP contribution in [0.1, 0.15) is 76.0 Å². The zero-order valence-corrected chi connectivity index (χ0v) is 14.9. The lowest BCUT2D eigenvalue weighted by atomic mass is 9.85. The standard InChI is InChI=1S/C19H27N3/c1-9-21-18-15(12(2)3)10-16(13(4)5)19(22-11-20-8)17(18)14(6)7/h10,12-14H,1H2,2-8H3. The molecule has 0 saturated carbocycles. The summed E-state index contributed by atoms with van der Waals surface area (Å²) in [6, 6.07) is 4.96. The number of benzene rings is 1. The molecule has 1 aromatic rings. The van der Waals surface area contributed by atoms with Crippen LogP contribution in [0.4, 0.5) is 11.4 Å². The highest BCUT2D eigenvalue weighted by Crippen LogP contribution is 2.45. The van der Waals surface area contributed by atoms with Crippen molar-refractivity contribution in [2.75, 3.05) is 7.05 Å². The molecule has 0 bridgehead atoms. The van der Waals surface area contributed by atoms with Crippen LogP contribution in [0.25, 0.3) is 0 Å². The monoisotopic (exact) mass is 297 g/mol. The van der Waals surface area contributed by atoms with Crippen molar-refractivity contribution in [3.8, 4) is 0 Å². The van der Waals surface area contributed by atoms with Crippen LogP contribution in [0.5, 0.6) is 0 Å². The second-order valence-corrected chi connectivity index (χ2v) is 6.34. The van der Waals surface area contributed by atoms with Crippen molar-refractivity contribution in [1.29, 1.82) is 0 Å². The predicted molar refractivity (Wildman–Crippen MR) is 96.9 cm³/mol. The third kappa shape index (κ3) is 3.82. The Hall–Kier alpha value is -1.95. The normalized spacial score (nSPS) is 10.6. The van der Waals surface area contributed by atoms with E-state index in [0.717, 1.165) is 16.9 Å². The molecule has 1 rings (SSSR count). The minimum absolute atomic E-state index is 0.292. The van der Waals surface area contributed by atoms with Gasteiger partial charge in [-0.25, -0.2) is 9.98 Å².